The van der Waals surface area contributed by atoms with Gasteiger partial charge in [-0.25, -0.2) is 0 Å². The molecule has 3 heteroatoms. The number of hydrogen-bond donors (Lipinski definition) is 1. The molecule has 1 aliphatic rings. The minimum atomic E-state index is 0.939. The van der Waals surface area contributed by atoms with Crippen LogP contribution in [0.15, 0.2) is 72.8 Å². The van der Waals surface area contributed by atoms with Crippen LogP contribution in [0.1, 0.15) is 5.56 Å². The maximum atomic E-state index is 3.60. The first-order valence-corrected chi connectivity index (χ1v) is 9.59. The standard InChI is InChI=1S/C23H27N3/c1-2-8-23(9-3-1)26-16-14-25(15-17-26)13-12-24-19-20-10-11-21-6-4-5-7-22(21)18-20/h1-11,18,24H,12-17,19H2. The number of anilines is 1. The molecular weight excluding hydrogens is 318 g/mol. The lowest BCUT2D eigenvalue weighted by Gasteiger charge is -2.36. The Hall–Kier alpha value is -2.36. The Bertz CT molecular complexity index is 823. The van der Waals surface area contributed by atoms with E-state index in [1.165, 1.54) is 22.0 Å². The fourth-order valence-corrected chi connectivity index (χ4v) is 3.69. The molecular formula is C23H27N3. The van der Waals surface area contributed by atoms with Gasteiger partial charge < -0.3 is 10.2 Å². The molecule has 0 aliphatic carbocycles. The van der Waals surface area contributed by atoms with Crippen LogP contribution in [0.25, 0.3) is 10.8 Å². The van der Waals surface area contributed by atoms with Crippen LogP contribution < -0.4 is 10.2 Å². The van der Waals surface area contributed by atoms with E-state index < -0.39 is 0 Å². The van der Waals surface area contributed by atoms with Crippen molar-refractivity contribution in [3.63, 3.8) is 0 Å². The summed E-state index contributed by atoms with van der Waals surface area (Å²) in [6.07, 6.45) is 0. The molecule has 3 nitrogen and oxygen atoms in total. The van der Waals surface area contributed by atoms with Crippen molar-refractivity contribution in [1.82, 2.24) is 10.2 Å². The number of nitrogens with zero attached hydrogens (tertiary/aromatic N) is 2. The Kier molecular flexibility index (Phi) is 5.48. The molecule has 4 rings (SSSR count). The van der Waals surface area contributed by atoms with Gasteiger partial charge in [0, 0.05) is 51.5 Å². The molecule has 1 N–H and O–H groups in total. The van der Waals surface area contributed by atoms with Crippen LogP contribution in [-0.4, -0.2) is 44.2 Å². The highest BCUT2D eigenvalue weighted by Crippen LogP contribution is 2.16. The predicted molar refractivity (Wildman–Crippen MR) is 111 cm³/mol. The topological polar surface area (TPSA) is 18.5 Å². The van der Waals surface area contributed by atoms with Crippen LogP contribution >= 0.6 is 0 Å². The summed E-state index contributed by atoms with van der Waals surface area (Å²) in [6.45, 7) is 7.63. The Balaban J connectivity index is 1.19. The maximum Gasteiger partial charge on any atom is 0.0367 e. The van der Waals surface area contributed by atoms with Crippen LogP contribution in [0.5, 0.6) is 0 Å². The zero-order chi connectivity index (χ0) is 17.6. The van der Waals surface area contributed by atoms with Crippen molar-refractivity contribution in [2.75, 3.05) is 44.2 Å². The molecule has 0 amide bonds. The van der Waals surface area contributed by atoms with E-state index in [2.05, 4.69) is 87.9 Å². The quantitative estimate of drug-likeness (QED) is 0.687. The molecule has 1 heterocycles. The molecule has 0 radical (unpaired) electrons. The van der Waals surface area contributed by atoms with Crippen LogP contribution in [0.3, 0.4) is 0 Å². The molecule has 26 heavy (non-hydrogen) atoms. The predicted octanol–water partition coefficient (Wildman–Crippen LogP) is 3.75. The molecule has 1 saturated heterocycles. The summed E-state index contributed by atoms with van der Waals surface area (Å²) in [6, 6.07) is 26.0. The molecule has 0 atom stereocenters. The number of fused-ring (bicyclic) bond motifs is 1. The number of hydrogen-bond acceptors (Lipinski definition) is 3. The Labute approximate surface area is 156 Å². The molecule has 0 unspecified atom stereocenters. The lowest BCUT2D eigenvalue weighted by molar-refractivity contribution is 0.257. The first-order chi connectivity index (χ1) is 12.9. The van der Waals surface area contributed by atoms with E-state index in [-0.39, 0.29) is 0 Å². The van der Waals surface area contributed by atoms with Crippen LogP contribution in [0.2, 0.25) is 0 Å². The summed E-state index contributed by atoms with van der Waals surface area (Å²) < 4.78 is 0. The highest BCUT2D eigenvalue weighted by atomic mass is 15.3. The average Bonchev–Trinajstić information content (AvgIpc) is 2.72. The van der Waals surface area contributed by atoms with Gasteiger partial charge in [-0.1, -0.05) is 54.6 Å². The van der Waals surface area contributed by atoms with Gasteiger partial charge in [0.05, 0.1) is 0 Å². The number of para-hydroxylation sites is 1. The third kappa shape index (κ3) is 4.24. The lowest BCUT2D eigenvalue weighted by Crippen LogP contribution is -2.48. The second-order valence-electron chi connectivity index (χ2n) is 7.02. The molecule has 3 aromatic rings. The molecule has 0 bridgehead atoms. The van der Waals surface area contributed by atoms with Crippen LogP contribution in [-0.2, 0) is 6.54 Å². The van der Waals surface area contributed by atoms with E-state index in [9.17, 15) is 0 Å². The van der Waals surface area contributed by atoms with E-state index in [1.807, 2.05) is 0 Å². The van der Waals surface area contributed by atoms with Gasteiger partial charge in [0.2, 0.25) is 0 Å². The molecule has 0 spiro atoms. The summed E-state index contributed by atoms with van der Waals surface area (Å²) in [7, 11) is 0. The molecule has 1 aliphatic heterocycles. The van der Waals surface area contributed by atoms with Gasteiger partial charge in [-0.05, 0) is 34.5 Å². The van der Waals surface area contributed by atoms with Crippen molar-refractivity contribution in [3.8, 4) is 0 Å². The van der Waals surface area contributed by atoms with E-state index in [4.69, 9.17) is 0 Å². The first kappa shape index (κ1) is 17.1. The Morgan fingerprint density at radius 1 is 0.731 bits per heavy atom. The number of piperazine rings is 1. The summed E-state index contributed by atoms with van der Waals surface area (Å²) in [4.78, 5) is 5.05. The normalized spacial score (nSPS) is 15.5. The number of nitrogens with one attached hydrogen (secondary N) is 1. The van der Waals surface area contributed by atoms with Crippen molar-refractivity contribution < 1.29 is 0 Å². The average molecular weight is 345 g/mol. The second-order valence-corrected chi connectivity index (χ2v) is 7.02. The van der Waals surface area contributed by atoms with Crippen molar-refractivity contribution in [3.05, 3.63) is 78.4 Å². The van der Waals surface area contributed by atoms with Crippen molar-refractivity contribution in [1.29, 1.82) is 0 Å². The monoisotopic (exact) mass is 345 g/mol. The van der Waals surface area contributed by atoms with Gasteiger partial charge in [0.1, 0.15) is 0 Å². The second kappa shape index (κ2) is 8.35. The van der Waals surface area contributed by atoms with Gasteiger partial charge in [0.15, 0.2) is 0 Å². The summed E-state index contributed by atoms with van der Waals surface area (Å²) >= 11 is 0. The van der Waals surface area contributed by atoms with Gasteiger partial charge in [-0.2, -0.15) is 0 Å². The van der Waals surface area contributed by atoms with E-state index >= 15 is 0 Å². The van der Waals surface area contributed by atoms with Gasteiger partial charge in [0.25, 0.3) is 0 Å². The van der Waals surface area contributed by atoms with Gasteiger partial charge in [-0.15, -0.1) is 0 Å². The largest absolute Gasteiger partial charge is 0.369 e. The van der Waals surface area contributed by atoms with Crippen LogP contribution in [0.4, 0.5) is 5.69 Å². The highest BCUT2D eigenvalue weighted by Gasteiger charge is 2.16. The zero-order valence-corrected chi connectivity index (χ0v) is 15.3. The first-order valence-electron chi connectivity index (χ1n) is 9.59. The fourth-order valence-electron chi connectivity index (χ4n) is 3.69. The minimum absolute atomic E-state index is 0.939. The third-order valence-electron chi connectivity index (χ3n) is 5.24. The fraction of sp³-hybridized carbons (Fsp3) is 0.304. The van der Waals surface area contributed by atoms with E-state index in [1.54, 1.807) is 0 Å². The summed E-state index contributed by atoms with van der Waals surface area (Å²) in [5.74, 6) is 0. The van der Waals surface area contributed by atoms with Crippen LogP contribution in [0, 0.1) is 0 Å². The summed E-state index contributed by atoms with van der Waals surface area (Å²) in [5, 5.41) is 6.24. The van der Waals surface area contributed by atoms with E-state index in [0.29, 0.717) is 0 Å². The van der Waals surface area contributed by atoms with Crippen molar-refractivity contribution in [2.24, 2.45) is 0 Å². The highest BCUT2D eigenvalue weighted by molar-refractivity contribution is 5.82. The molecule has 134 valence electrons. The number of benzene rings is 3. The molecule has 3 aromatic carbocycles. The maximum absolute atomic E-state index is 3.60. The van der Waals surface area contributed by atoms with Crippen molar-refractivity contribution >= 4 is 16.5 Å². The number of rotatable bonds is 6. The van der Waals surface area contributed by atoms with Gasteiger partial charge in [-0.3, -0.25) is 4.90 Å². The van der Waals surface area contributed by atoms with Gasteiger partial charge >= 0.3 is 0 Å². The third-order valence-corrected chi connectivity index (χ3v) is 5.24. The smallest absolute Gasteiger partial charge is 0.0367 e. The summed E-state index contributed by atoms with van der Waals surface area (Å²) in [5.41, 5.74) is 2.71. The lowest BCUT2D eigenvalue weighted by atomic mass is 10.1. The SMILES string of the molecule is c1ccc(N2CCN(CCNCc3ccc4ccccc4c3)CC2)cc1. The van der Waals surface area contributed by atoms with E-state index in [0.717, 1.165) is 45.8 Å². The molecule has 1 fully saturated rings. The zero-order valence-electron chi connectivity index (χ0n) is 15.3. The molecule has 0 aromatic heterocycles. The van der Waals surface area contributed by atoms with Crippen molar-refractivity contribution in [2.45, 2.75) is 6.54 Å². The Morgan fingerprint density at radius 2 is 1.46 bits per heavy atom. The Morgan fingerprint density at radius 3 is 2.27 bits per heavy atom. The molecule has 0 saturated carbocycles. The minimum Gasteiger partial charge on any atom is -0.369 e.